The summed E-state index contributed by atoms with van der Waals surface area (Å²) >= 11 is 0. The van der Waals surface area contributed by atoms with Gasteiger partial charge >= 0.3 is 0 Å². The first-order valence-corrected chi connectivity index (χ1v) is 4.80. The molecular formula is C9H18ClNO2. The molecule has 3 atom stereocenters. The fourth-order valence-corrected chi connectivity index (χ4v) is 1.88. The van der Waals surface area contributed by atoms with Crippen LogP contribution in [0.15, 0.2) is 0 Å². The SMILES string of the molecule is CC1COC(CC2CCOC2)N1.Cl. The fourth-order valence-electron chi connectivity index (χ4n) is 1.88. The van der Waals surface area contributed by atoms with E-state index in [2.05, 4.69) is 12.2 Å². The third kappa shape index (κ3) is 3.09. The van der Waals surface area contributed by atoms with E-state index in [1.54, 1.807) is 0 Å². The predicted octanol–water partition coefficient (Wildman–Crippen LogP) is 1.17. The van der Waals surface area contributed by atoms with Gasteiger partial charge in [0.05, 0.1) is 6.61 Å². The van der Waals surface area contributed by atoms with Crippen LogP contribution in [0.1, 0.15) is 19.8 Å². The van der Waals surface area contributed by atoms with Gasteiger partial charge in [0.25, 0.3) is 0 Å². The second-order valence-electron chi connectivity index (χ2n) is 3.86. The van der Waals surface area contributed by atoms with Crippen molar-refractivity contribution in [2.45, 2.75) is 32.0 Å². The largest absolute Gasteiger partial charge is 0.381 e. The van der Waals surface area contributed by atoms with Crippen molar-refractivity contribution < 1.29 is 9.47 Å². The summed E-state index contributed by atoms with van der Waals surface area (Å²) in [4.78, 5) is 0. The Balaban J connectivity index is 0.000000845. The lowest BCUT2D eigenvalue weighted by Crippen LogP contribution is -2.30. The molecule has 4 heteroatoms. The standard InChI is InChI=1S/C9H17NO2.ClH/c1-7-5-12-9(10-7)4-8-2-3-11-6-8;/h7-10H,2-6H2,1H3;1H. The van der Waals surface area contributed by atoms with E-state index in [4.69, 9.17) is 9.47 Å². The van der Waals surface area contributed by atoms with Crippen molar-refractivity contribution in [1.82, 2.24) is 5.32 Å². The second-order valence-corrected chi connectivity index (χ2v) is 3.86. The van der Waals surface area contributed by atoms with Gasteiger partial charge in [-0.2, -0.15) is 0 Å². The highest BCUT2D eigenvalue weighted by atomic mass is 35.5. The van der Waals surface area contributed by atoms with Crippen LogP contribution in [0.25, 0.3) is 0 Å². The lowest BCUT2D eigenvalue weighted by atomic mass is 10.0. The highest BCUT2D eigenvalue weighted by Crippen LogP contribution is 2.20. The summed E-state index contributed by atoms with van der Waals surface area (Å²) in [5.74, 6) is 0.716. The molecule has 0 aromatic carbocycles. The van der Waals surface area contributed by atoms with Crippen molar-refractivity contribution in [2.75, 3.05) is 19.8 Å². The van der Waals surface area contributed by atoms with Crippen LogP contribution in [0.2, 0.25) is 0 Å². The molecule has 0 amide bonds. The summed E-state index contributed by atoms with van der Waals surface area (Å²) in [6, 6.07) is 0.525. The molecule has 1 N–H and O–H groups in total. The molecule has 0 aromatic rings. The minimum atomic E-state index is 0. The van der Waals surface area contributed by atoms with E-state index in [0.717, 1.165) is 26.2 Å². The Bertz CT molecular complexity index is 151. The number of hydrogen-bond acceptors (Lipinski definition) is 3. The van der Waals surface area contributed by atoms with Gasteiger partial charge in [-0.15, -0.1) is 12.4 Å². The van der Waals surface area contributed by atoms with Crippen LogP contribution < -0.4 is 5.32 Å². The van der Waals surface area contributed by atoms with Gasteiger partial charge in [-0.05, 0) is 25.7 Å². The first-order chi connectivity index (χ1) is 5.84. The molecule has 3 nitrogen and oxygen atoms in total. The molecule has 2 fully saturated rings. The maximum absolute atomic E-state index is 5.56. The summed E-state index contributed by atoms with van der Waals surface area (Å²) in [6.07, 6.45) is 2.60. The van der Waals surface area contributed by atoms with Crippen LogP contribution in [0.5, 0.6) is 0 Å². The summed E-state index contributed by atoms with van der Waals surface area (Å²) in [5.41, 5.74) is 0. The van der Waals surface area contributed by atoms with Gasteiger partial charge < -0.3 is 9.47 Å². The Hall–Kier alpha value is 0.170. The molecule has 0 spiro atoms. The van der Waals surface area contributed by atoms with Crippen molar-refractivity contribution in [2.24, 2.45) is 5.92 Å². The van der Waals surface area contributed by atoms with Crippen LogP contribution in [0.3, 0.4) is 0 Å². The molecular weight excluding hydrogens is 190 g/mol. The summed E-state index contributed by atoms with van der Waals surface area (Å²) < 4.78 is 10.9. The Morgan fingerprint density at radius 3 is 2.77 bits per heavy atom. The van der Waals surface area contributed by atoms with Crippen molar-refractivity contribution >= 4 is 12.4 Å². The van der Waals surface area contributed by atoms with E-state index in [9.17, 15) is 0 Å². The minimum absolute atomic E-state index is 0. The van der Waals surface area contributed by atoms with Gasteiger partial charge in [0.15, 0.2) is 0 Å². The zero-order valence-corrected chi connectivity index (χ0v) is 8.81. The molecule has 0 aromatic heterocycles. The molecule has 0 saturated carbocycles. The topological polar surface area (TPSA) is 30.5 Å². The van der Waals surface area contributed by atoms with E-state index < -0.39 is 0 Å². The number of ether oxygens (including phenoxy) is 2. The Morgan fingerprint density at radius 2 is 2.23 bits per heavy atom. The predicted molar refractivity (Wildman–Crippen MR) is 53.1 cm³/mol. The molecule has 2 saturated heterocycles. The number of halogens is 1. The summed E-state index contributed by atoms with van der Waals surface area (Å²) in [7, 11) is 0. The van der Waals surface area contributed by atoms with Crippen molar-refractivity contribution in [3.8, 4) is 0 Å². The van der Waals surface area contributed by atoms with Gasteiger partial charge in [0.2, 0.25) is 0 Å². The molecule has 0 radical (unpaired) electrons. The van der Waals surface area contributed by atoms with E-state index in [1.165, 1.54) is 6.42 Å². The zero-order valence-electron chi connectivity index (χ0n) is 7.99. The van der Waals surface area contributed by atoms with Gasteiger partial charge in [-0.1, -0.05) is 0 Å². The third-order valence-corrected chi connectivity index (χ3v) is 2.59. The van der Waals surface area contributed by atoms with Gasteiger partial charge in [0, 0.05) is 19.3 Å². The lowest BCUT2D eigenvalue weighted by Gasteiger charge is -2.13. The van der Waals surface area contributed by atoms with Gasteiger partial charge in [-0.25, -0.2) is 0 Å². The summed E-state index contributed by atoms with van der Waals surface area (Å²) in [6.45, 7) is 4.88. The average Bonchev–Trinajstić information content (AvgIpc) is 2.63. The number of rotatable bonds is 2. The molecule has 2 aliphatic rings. The Labute approximate surface area is 85.6 Å². The maximum Gasteiger partial charge on any atom is 0.108 e. The van der Waals surface area contributed by atoms with Crippen LogP contribution in [0.4, 0.5) is 0 Å². The van der Waals surface area contributed by atoms with E-state index in [0.29, 0.717) is 12.0 Å². The monoisotopic (exact) mass is 207 g/mol. The first kappa shape index (κ1) is 11.2. The maximum atomic E-state index is 5.56. The van der Waals surface area contributed by atoms with Crippen LogP contribution in [0, 0.1) is 5.92 Å². The van der Waals surface area contributed by atoms with Crippen LogP contribution in [-0.4, -0.2) is 32.1 Å². The Morgan fingerprint density at radius 1 is 1.38 bits per heavy atom. The molecule has 2 aliphatic heterocycles. The molecule has 13 heavy (non-hydrogen) atoms. The number of hydrogen-bond donors (Lipinski definition) is 1. The average molecular weight is 208 g/mol. The molecule has 2 heterocycles. The molecule has 0 aliphatic carbocycles. The molecule has 2 rings (SSSR count). The van der Waals surface area contributed by atoms with Crippen LogP contribution in [-0.2, 0) is 9.47 Å². The summed E-state index contributed by atoms with van der Waals surface area (Å²) in [5, 5.41) is 3.40. The van der Waals surface area contributed by atoms with Gasteiger partial charge in [0.1, 0.15) is 6.23 Å². The normalized spacial score (nSPS) is 39.0. The minimum Gasteiger partial charge on any atom is -0.381 e. The van der Waals surface area contributed by atoms with Crippen molar-refractivity contribution in [3.05, 3.63) is 0 Å². The third-order valence-electron chi connectivity index (χ3n) is 2.59. The van der Waals surface area contributed by atoms with E-state index in [-0.39, 0.29) is 18.6 Å². The Kier molecular flexibility index (Phi) is 4.46. The first-order valence-electron chi connectivity index (χ1n) is 4.80. The smallest absolute Gasteiger partial charge is 0.108 e. The number of nitrogens with one attached hydrogen (secondary N) is 1. The fraction of sp³-hybridized carbons (Fsp3) is 1.00. The zero-order chi connectivity index (χ0) is 8.39. The molecule has 0 bridgehead atoms. The second kappa shape index (κ2) is 5.15. The van der Waals surface area contributed by atoms with Crippen LogP contribution >= 0.6 is 12.4 Å². The van der Waals surface area contributed by atoms with E-state index in [1.807, 2.05) is 0 Å². The highest BCUT2D eigenvalue weighted by Gasteiger charge is 2.26. The van der Waals surface area contributed by atoms with Gasteiger partial charge in [-0.3, -0.25) is 5.32 Å². The van der Waals surface area contributed by atoms with E-state index >= 15 is 0 Å². The van der Waals surface area contributed by atoms with Crippen molar-refractivity contribution in [1.29, 1.82) is 0 Å². The molecule has 78 valence electrons. The molecule has 3 unspecified atom stereocenters. The quantitative estimate of drug-likeness (QED) is 0.738. The highest BCUT2D eigenvalue weighted by molar-refractivity contribution is 5.85. The van der Waals surface area contributed by atoms with Crippen molar-refractivity contribution in [3.63, 3.8) is 0 Å². The lowest BCUT2D eigenvalue weighted by molar-refractivity contribution is 0.0753.